The number of carbonyl (C=O) groups excluding carboxylic acids is 1. The first kappa shape index (κ1) is 9.74. The Labute approximate surface area is 73.4 Å². The fraction of sp³-hybridized carbons (Fsp3) is 0.500. The van der Waals surface area contributed by atoms with Crippen molar-refractivity contribution < 1.29 is 23.0 Å². The van der Waals surface area contributed by atoms with E-state index >= 15 is 0 Å². The number of carbonyl (C=O) groups is 1. The van der Waals surface area contributed by atoms with Crippen molar-refractivity contribution in [3.05, 3.63) is 0 Å². The average Bonchev–Trinajstić information content (AvgIpc) is 2.01. The molecule has 74 valence electrons. The quantitative estimate of drug-likeness (QED) is 0.242. The Bertz CT molecular complexity index is 347. The lowest BCUT2D eigenvalue weighted by Gasteiger charge is -2.21. The summed E-state index contributed by atoms with van der Waals surface area (Å²) in [5.74, 6) is -0.216. The van der Waals surface area contributed by atoms with Gasteiger partial charge in [-0.25, -0.2) is 4.79 Å². The minimum Gasteiger partial charge on any atom is -0.409 e. The maximum Gasteiger partial charge on any atom is 0.321 e. The second-order valence-electron chi connectivity index (χ2n) is 2.35. The van der Waals surface area contributed by atoms with E-state index in [1.807, 2.05) is 10.6 Å². The Morgan fingerprint density at radius 3 is 2.62 bits per heavy atom. The third-order valence-corrected chi connectivity index (χ3v) is 2.41. The van der Waals surface area contributed by atoms with E-state index in [4.69, 9.17) is 9.76 Å². The molecule has 8 nitrogen and oxygen atoms in total. The van der Waals surface area contributed by atoms with Gasteiger partial charge in [-0.3, -0.25) is 9.87 Å². The van der Waals surface area contributed by atoms with Gasteiger partial charge in [-0.05, 0) is 0 Å². The molecule has 0 aromatic rings. The zero-order valence-electron chi connectivity index (χ0n) is 6.26. The fourth-order valence-electron chi connectivity index (χ4n) is 0.837. The number of nitrogens with zero attached hydrogens (tertiary/aromatic N) is 1. The zero-order valence-corrected chi connectivity index (χ0v) is 7.08. The van der Waals surface area contributed by atoms with Crippen LogP contribution < -0.4 is 10.6 Å². The van der Waals surface area contributed by atoms with Crippen LogP contribution in [0, 0.1) is 0 Å². The van der Waals surface area contributed by atoms with Gasteiger partial charge in [-0.2, -0.15) is 8.42 Å². The first-order valence-electron chi connectivity index (χ1n) is 3.18. The predicted molar refractivity (Wildman–Crippen MR) is 40.8 cm³/mol. The van der Waals surface area contributed by atoms with E-state index < -0.39 is 21.5 Å². The third-order valence-electron chi connectivity index (χ3n) is 1.41. The van der Waals surface area contributed by atoms with Crippen molar-refractivity contribution in [3.63, 3.8) is 0 Å². The van der Waals surface area contributed by atoms with Gasteiger partial charge in [0.05, 0.1) is 0 Å². The van der Waals surface area contributed by atoms with Crippen LogP contribution >= 0.6 is 0 Å². The SMILES string of the molecule is O=C1N/C(=N\O)CC(S(=O)(=O)O)N1. The molecular weight excluding hydrogens is 202 g/mol. The second-order valence-corrected chi connectivity index (χ2v) is 3.95. The predicted octanol–water partition coefficient (Wildman–Crippen LogP) is -1.31. The highest BCUT2D eigenvalue weighted by atomic mass is 32.2. The van der Waals surface area contributed by atoms with Gasteiger partial charge in [0.25, 0.3) is 10.1 Å². The van der Waals surface area contributed by atoms with Gasteiger partial charge in [0.2, 0.25) is 0 Å². The van der Waals surface area contributed by atoms with Crippen molar-refractivity contribution in [2.24, 2.45) is 5.16 Å². The topological polar surface area (TPSA) is 128 Å². The fourth-order valence-corrected chi connectivity index (χ4v) is 1.46. The van der Waals surface area contributed by atoms with Gasteiger partial charge >= 0.3 is 6.03 Å². The number of amidine groups is 1. The van der Waals surface area contributed by atoms with Crippen LogP contribution in [-0.2, 0) is 10.1 Å². The molecule has 2 amide bonds. The normalized spacial score (nSPS) is 26.7. The van der Waals surface area contributed by atoms with Gasteiger partial charge in [0.1, 0.15) is 0 Å². The lowest BCUT2D eigenvalue weighted by molar-refractivity contribution is 0.239. The van der Waals surface area contributed by atoms with Crippen LogP contribution in [0.4, 0.5) is 4.79 Å². The Morgan fingerprint density at radius 2 is 2.15 bits per heavy atom. The van der Waals surface area contributed by atoms with Crippen LogP contribution in [0.1, 0.15) is 6.42 Å². The molecule has 0 saturated carbocycles. The molecule has 1 aliphatic heterocycles. The molecule has 0 aliphatic carbocycles. The summed E-state index contributed by atoms with van der Waals surface area (Å²) >= 11 is 0. The summed E-state index contributed by atoms with van der Waals surface area (Å²) in [6, 6.07) is -0.846. The molecule has 1 atom stereocenters. The minimum absolute atomic E-state index is 0.216. The minimum atomic E-state index is -4.37. The summed E-state index contributed by atoms with van der Waals surface area (Å²) in [5.41, 5.74) is 0. The number of hydrogen-bond donors (Lipinski definition) is 4. The molecule has 0 aromatic carbocycles. The van der Waals surface area contributed by atoms with Gasteiger partial charge in [-0.1, -0.05) is 5.16 Å². The molecule has 1 fully saturated rings. The highest BCUT2D eigenvalue weighted by Crippen LogP contribution is 2.05. The summed E-state index contributed by atoms with van der Waals surface area (Å²) in [6.45, 7) is 0. The highest BCUT2D eigenvalue weighted by Gasteiger charge is 2.31. The van der Waals surface area contributed by atoms with Crippen LogP contribution in [0.5, 0.6) is 0 Å². The molecule has 4 N–H and O–H groups in total. The Balaban J connectivity index is 2.86. The maximum atomic E-state index is 10.7. The molecule has 0 bridgehead atoms. The summed E-state index contributed by atoms with van der Waals surface area (Å²) in [7, 11) is -4.37. The van der Waals surface area contributed by atoms with Crippen molar-refractivity contribution in [2.75, 3.05) is 0 Å². The Hall–Kier alpha value is -1.35. The zero-order chi connectivity index (χ0) is 10.1. The molecule has 1 unspecified atom stereocenters. The van der Waals surface area contributed by atoms with Crippen LogP contribution in [0.3, 0.4) is 0 Å². The summed E-state index contributed by atoms with van der Waals surface area (Å²) in [6.07, 6.45) is -0.304. The lowest BCUT2D eigenvalue weighted by Crippen LogP contribution is -2.54. The Morgan fingerprint density at radius 1 is 1.54 bits per heavy atom. The number of urea groups is 1. The van der Waals surface area contributed by atoms with E-state index in [1.165, 1.54) is 0 Å². The highest BCUT2D eigenvalue weighted by molar-refractivity contribution is 7.86. The third kappa shape index (κ3) is 2.29. The summed E-state index contributed by atoms with van der Waals surface area (Å²) in [4.78, 5) is 10.7. The number of rotatable bonds is 1. The molecule has 13 heavy (non-hydrogen) atoms. The standard InChI is InChI=1S/C4H7N3O5S/c8-4-5-2(7-9)1-3(6-4)13(10,11)12/h3,9H,1H2,(H,10,11,12)(H2,5,6,7,8). The maximum absolute atomic E-state index is 10.7. The Kier molecular flexibility index (Phi) is 2.38. The van der Waals surface area contributed by atoms with Crippen molar-refractivity contribution in [2.45, 2.75) is 11.8 Å². The molecule has 1 aliphatic rings. The first-order valence-corrected chi connectivity index (χ1v) is 4.68. The molecule has 0 radical (unpaired) electrons. The van der Waals surface area contributed by atoms with E-state index in [2.05, 4.69) is 5.16 Å². The molecule has 0 spiro atoms. The number of hydrogen-bond acceptors (Lipinski definition) is 5. The largest absolute Gasteiger partial charge is 0.409 e. The van der Waals surface area contributed by atoms with Crippen LogP contribution in [-0.4, -0.2) is 35.4 Å². The van der Waals surface area contributed by atoms with Gasteiger partial charge in [0.15, 0.2) is 11.2 Å². The monoisotopic (exact) mass is 209 g/mol. The van der Waals surface area contributed by atoms with E-state index in [0.717, 1.165) is 0 Å². The van der Waals surface area contributed by atoms with Crippen molar-refractivity contribution >= 4 is 22.0 Å². The second kappa shape index (κ2) is 3.18. The lowest BCUT2D eigenvalue weighted by atomic mass is 10.3. The number of amides is 2. The molecule has 1 heterocycles. The first-order chi connectivity index (χ1) is 5.93. The summed E-state index contributed by atoms with van der Waals surface area (Å²) in [5, 5.41) is 13.4. The molecule has 1 rings (SSSR count). The molecule has 9 heteroatoms. The molecule has 1 saturated heterocycles. The number of oxime groups is 1. The van der Waals surface area contributed by atoms with Gasteiger partial charge in [-0.15, -0.1) is 0 Å². The molecule has 0 aromatic heterocycles. The van der Waals surface area contributed by atoms with Crippen molar-refractivity contribution in [3.8, 4) is 0 Å². The van der Waals surface area contributed by atoms with E-state index in [-0.39, 0.29) is 12.3 Å². The molecular formula is C4H7N3O5S. The van der Waals surface area contributed by atoms with Crippen molar-refractivity contribution in [1.29, 1.82) is 0 Å². The van der Waals surface area contributed by atoms with E-state index in [0.29, 0.717) is 0 Å². The van der Waals surface area contributed by atoms with Crippen LogP contribution in [0.2, 0.25) is 0 Å². The van der Waals surface area contributed by atoms with E-state index in [1.54, 1.807) is 0 Å². The van der Waals surface area contributed by atoms with Crippen LogP contribution in [0.15, 0.2) is 5.16 Å². The van der Waals surface area contributed by atoms with Crippen molar-refractivity contribution in [1.82, 2.24) is 10.6 Å². The van der Waals surface area contributed by atoms with Gasteiger partial charge < -0.3 is 10.5 Å². The van der Waals surface area contributed by atoms with Crippen LogP contribution in [0.25, 0.3) is 0 Å². The smallest absolute Gasteiger partial charge is 0.321 e. The van der Waals surface area contributed by atoms with E-state index in [9.17, 15) is 13.2 Å². The number of nitrogens with one attached hydrogen (secondary N) is 2. The summed E-state index contributed by atoms with van der Waals surface area (Å²) < 4.78 is 29.7. The van der Waals surface area contributed by atoms with Gasteiger partial charge in [0, 0.05) is 6.42 Å². The average molecular weight is 209 g/mol.